The predicted octanol–water partition coefficient (Wildman–Crippen LogP) is 5.35. The monoisotopic (exact) mass is 415 g/mol. The maximum Gasteiger partial charge on any atom is 0.335 e. The third-order valence-electron chi connectivity index (χ3n) is 6.09. The Morgan fingerprint density at radius 1 is 0.903 bits per heavy atom. The number of rotatable bonds is 6. The van der Waals surface area contributed by atoms with E-state index in [1.165, 1.54) is 0 Å². The van der Waals surface area contributed by atoms with Gasteiger partial charge in [0.25, 0.3) is 0 Å². The number of ether oxygens (including phenoxy) is 1. The second-order valence-electron chi connectivity index (χ2n) is 8.13. The van der Waals surface area contributed by atoms with E-state index in [0.717, 1.165) is 52.1 Å². The number of carboxylic acid groups (broad SMARTS) is 1. The van der Waals surface area contributed by atoms with Gasteiger partial charge in [0.1, 0.15) is 5.75 Å². The van der Waals surface area contributed by atoms with Gasteiger partial charge in [0, 0.05) is 5.69 Å². The van der Waals surface area contributed by atoms with Gasteiger partial charge in [-0.3, -0.25) is 4.79 Å². The van der Waals surface area contributed by atoms with Crippen LogP contribution in [0.15, 0.2) is 60.7 Å². The summed E-state index contributed by atoms with van der Waals surface area (Å²) in [7, 11) is 1.63. The molecule has 0 aromatic heterocycles. The van der Waals surface area contributed by atoms with E-state index >= 15 is 0 Å². The number of hydrogen-bond acceptors (Lipinski definition) is 3. The van der Waals surface area contributed by atoms with Crippen LogP contribution in [0.25, 0.3) is 11.1 Å². The average molecular weight is 415 g/mol. The summed E-state index contributed by atoms with van der Waals surface area (Å²) in [4.78, 5) is 24.4. The molecule has 5 nitrogen and oxygen atoms in total. The molecule has 0 heterocycles. The van der Waals surface area contributed by atoms with E-state index < -0.39 is 11.4 Å². The van der Waals surface area contributed by atoms with E-state index in [2.05, 4.69) is 5.32 Å². The summed E-state index contributed by atoms with van der Waals surface area (Å²) in [5, 5.41) is 12.3. The van der Waals surface area contributed by atoms with Crippen LogP contribution in [-0.2, 0) is 10.2 Å². The standard InChI is InChI=1S/C26H25NO4/c1-16-4-8-20(15-23(16)22-11-5-18(24(28)29)14-17(22)2)27-25(30)26(12-13-26)19-6-9-21(31-3)10-7-19/h4-11,14-15H,12-13H2,1-3H3,(H,27,30)(H,28,29). The molecule has 0 atom stereocenters. The Bertz CT molecular complexity index is 1160. The molecule has 1 saturated carbocycles. The van der Waals surface area contributed by atoms with E-state index in [0.29, 0.717) is 0 Å². The van der Waals surface area contributed by atoms with Crippen molar-refractivity contribution in [3.63, 3.8) is 0 Å². The Labute approximate surface area is 181 Å². The number of nitrogens with one attached hydrogen (secondary N) is 1. The Hall–Kier alpha value is -3.60. The number of aromatic carboxylic acids is 1. The first-order valence-corrected chi connectivity index (χ1v) is 10.2. The molecule has 0 spiro atoms. The molecule has 5 heteroatoms. The van der Waals surface area contributed by atoms with Gasteiger partial charge in [-0.05, 0) is 90.9 Å². The molecule has 2 N–H and O–H groups in total. The van der Waals surface area contributed by atoms with Crippen molar-refractivity contribution in [2.45, 2.75) is 32.1 Å². The van der Waals surface area contributed by atoms with Crippen LogP contribution in [0.5, 0.6) is 5.75 Å². The van der Waals surface area contributed by atoms with Crippen molar-refractivity contribution in [3.8, 4) is 16.9 Å². The molecule has 1 amide bonds. The van der Waals surface area contributed by atoms with Crippen LogP contribution in [0, 0.1) is 13.8 Å². The molecular weight excluding hydrogens is 390 g/mol. The highest BCUT2D eigenvalue weighted by atomic mass is 16.5. The zero-order chi connectivity index (χ0) is 22.2. The lowest BCUT2D eigenvalue weighted by molar-refractivity contribution is -0.118. The van der Waals surface area contributed by atoms with Crippen LogP contribution in [0.2, 0.25) is 0 Å². The summed E-state index contributed by atoms with van der Waals surface area (Å²) >= 11 is 0. The second-order valence-corrected chi connectivity index (χ2v) is 8.13. The molecule has 3 aromatic carbocycles. The first-order chi connectivity index (χ1) is 14.8. The van der Waals surface area contributed by atoms with Gasteiger partial charge in [0.2, 0.25) is 5.91 Å². The van der Waals surface area contributed by atoms with Crippen LogP contribution in [0.4, 0.5) is 5.69 Å². The van der Waals surface area contributed by atoms with Crippen LogP contribution < -0.4 is 10.1 Å². The van der Waals surface area contributed by atoms with Crippen molar-refractivity contribution in [2.24, 2.45) is 0 Å². The van der Waals surface area contributed by atoms with Crippen molar-refractivity contribution in [1.82, 2.24) is 0 Å². The summed E-state index contributed by atoms with van der Waals surface area (Å²) in [5.41, 5.74) is 5.36. The lowest BCUT2D eigenvalue weighted by atomic mass is 9.93. The maximum absolute atomic E-state index is 13.2. The molecule has 3 aromatic rings. The Kier molecular flexibility index (Phi) is 5.27. The Morgan fingerprint density at radius 3 is 2.19 bits per heavy atom. The number of aryl methyl sites for hydroxylation is 2. The second kappa shape index (κ2) is 7.91. The maximum atomic E-state index is 13.2. The number of amides is 1. The molecule has 0 aliphatic heterocycles. The highest BCUT2D eigenvalue weighted by Crippen LogP contribution is 2.49. The molecule has 158 valence electrons. The van der Waals surface area contributed by atoms with Gasteiger partial charge in [0.15, 0.2) is 0 Å². The van der Waals surface area contributed by atoms with E-state index in [9.17, 15) is 14.7 Å². The molecule has 31 heavy (non-hydrogen) atoms. The minimum Gasteiger partial charge on any atom is -0.497 e. The lowest BCUT2D eigenvalue weighted by Crippen LogP contribution is -2.27. The van der Waals surface area contributed by atoms with Crippen molar-refractivity contribution in [1.29, 1.82) is 0 Å². The fraction of sp³-hybridized carbons (Fsp3) is 0.231. The number of hydrogen-bond donors (Lipinski definition) is 2. The van der Waals surface area contributed by atoms with Gasteiger partial charge in [-0.25, -0.2) is 4.79 Å². The summed E-state index contributed by atoms with van der Waals surface area (Å²) in [6.07, 6.45) is 1.64. The molecule has 0 radical (unpaired) electrons. The number of anilines is 1. The molecule has 0 unspecified atom stereocenters. The van der Waals surface area contributed by atoms with Crippen LogP contribution >= 0.6 is 0 Å². The van der Waals surface area contributed by atoms with Gasteiger partial charge >= 0.3 is 5.97 Å². The minimum absolute atomic E-state index is 0.00887. The number of carboxylic acids is 1. The van der Waals surface area contributed by atoms with E-state index in [4.69, 9.17) is 4.74 Å². The summed E-state index contributed by atoms with van der Waals surface area (Å²) in [6, 6.07) is 18.6. The molecule has 1 aliphatic carbocycles. The van der Waals surface area contributed by atoms with Crippen molar-refractivity contribution in [2.75, 3.05) is 12.4 Å². The summed E-state index contributed by atoms with van der Waals surface area (Å²) < 4.78 is 5.22. The van der Waals surface area contributed by atoms with Crippen LogP contribution in [-0.4, -0.2) is 24.1 Å². The SMILES string of the molecule is COc1ccc(C2(C(=O)Nc3ccc(C)c(-c4ccc(C(=O)O)cc4C)c3)CC2)cc1. The third-order valence-corrected chi connectivity index (χ3v) is 6.09. The van der Waals surface area contributed by atoms with Crippen molar-refractivity contribution in [3.05, 3.63) is 82.9 Å². The largest absolute Gasteiger partial charge is 0.497 e. The smallest absolute Gasteiger partial charge is 0.335 e. The highest BCUT2D eigenvalue weighted by Gasteiger charge is 2.51. The molecule has 4 rings (SSSR count). The van der Waals surface area contributed by atoms with Crippen molar-refractivity contribution >= 4 is 17.6 Å². The van der Waals surface area contributed by atoms with Crippen LogP contribution in [0.3, 0.4) is 0 Å². The van der Waals surface area contributed by atoms with Crippen molar-refractivity contribution < 1.29 is 19.4 Å². The zero-order valence-electron chi connectivity index (χ0n) is 17.9. The van der Waals surface area contributed by atoms with Gasteiger partial charge < -0.3 is 15.2 Å². The Morgan fingerprint density at radius 2 is 1.61 bits per heavy atom. The topological polar surface area (TPSA) is 75.6 Å². The minimum atomic E-state index is -0.944. The quantitative estimate of drug-likeness (QED) is 0.569. The third kappa shape index (κ3) is 3.91. The number of carbonyl (C=O) groups is 2. The number of benzene rings is 3. The van der Waals surface area contributed by atoms with Gasteiger partial charge in [0.05, 0.1) is 18.1 Å². The number of carbonyl (C=O) groups excluding carboxylic acids is 1. The van der Waals surface area contributed by atoms with Gasteiger partial charge in [-0.2, -0.15) is 0 Å². The highest BCUT2D eigenvalue weighted by molar-refractivity contribution is 6.02. The first-order valence-electron chi connectivity index (χ1n) is 10.2. The van der Waals surface area contributed by atoms with E-state index in [1.807, 2.05) is 62.4 Å². The molecular formula is C26H25NO4. The fourth-order valence-electron chi connectivity index (χ4n) is 4.02. The molecule has 1 aliphatic rings. The average Bonchev–Trinajstić information content (AvgIpc) is 3.57. The first kappa shape index (κ1) is 20.7. The number of methoxy groups -OCH3 is 1. The van der Waals surface area contributed by atoms with Gasteiger partial charge in [-0.1, -0.05) is 24.3 Å². The molecule has 1 fully saturated rings. The summed E-state index contributed by atoms with van der Waals surface area (Å²) in [6.45, 7) is 3.90. The van der Waals surface area contributed by atoms with Gasteiger partial charge in [-0.15, -0.1) is 0 Å². The molecule has 0 saturated heterocycles. The Balaban J connectivity index is 1.60. The normalized spacial score (nSPS) is 14.0. The van der Waals surface area contributed by atoms with E-state index in [-0.39, 0.29) is 11.5 Å². The van der Waals surface area contributed by atoms with Crippen LogP contribution in [0.1, 0.15) is 39.9 Å². The zero-order valence-corrected chi connectivity index (χ0v) is 17.9. The molecule has 0 bridgehead atoms. The summed E-state index contributed by atoms with van der Waals surface area (Å²) in [5.74, 6) is -0.182. The van der Waals surface area contributed by atoms with E-state index in [1.54, 1.807) is 19.2 Å². The lowest BCUT2D eigenvalue weighted by Gasteiger charge is -2.18. The predicted molar refractivity (Wildman–Crippen MR) is 121 cm³/mol. The fourth-order valence-corrected chi connectivity index (χ4v) is 4.02.